The smallest absolute Gasteiger partial charge is 0.221 e. The largest absolute Gasteiger partial charge is 0.508 e. The Kier molecular flexibility index (Phi) is 5.65. The fraction of sp³-hybridized carbons (Fsp3) is 0.500. The molecule has 2 N–H and O–H groups in total. The summed E-state index contributed by atoms with van der Waals surface area (Å²) in [7, 11) is 3.67. The zero-order chi connectivity index (χ0) is 13.5. The van der Waals surface area contributed by atoms with E-state index in [9.17, 15) is 9.90 Å². The summed E-state index contributed by atoms with van der Waals surface area (Å²) in [5.41, 5.74) is 1.16. The molecule has 100 valence electrons. The predicted octanol–water partition coefficient (Wildman–Crippen LogP) is 1.91. The predicted molar refractivity (Wildman–Crippen MR) is 72.5 cm³/mol. The number of phenolic OH excluding ortho intramolecular Hbond substituents is 1. The Labute approximate surface area is 109 Å². The van der Waals surface area contributed by atoms with Gasteiger partial charge >= 0.3 is 0 Å². The van der Waals surface area contributed by atoms with E-state index in [1.54, 1.807) is 19.2 Å². The van der Waals surface area contributed by atoms with Gasteiger partial charge in [0.2, 0.25) is 5.91 Å². The Morgan fingerprint density at radius 3 is 2.50 bits per heavy atom. The van der Waals surface area contributed by atoms with Crippen LogP contribution in [0.1, 0.15) is 31.4 Å². The van der Waals surface area contributed by atoms with Crippen molar-refractivity contribution in [2.75, 3.05) is 20.6 Å². The Bertz CT molecular complexity index is 376. The number of phenols is 1. The molecule has 1 aromatic carbocycles. The third-order valence-corrected chi connectivity index (χ3v) is 3.17. The van der Waals surface area contributed by atoms with Gasteiger partial charge in [0, 0.05) is 26.1 Å². The minimum atomic E-state index is 0.0578. The van der Waals surface area contributed by atoms with Crippen molar-refractivity contribution in [3.63, 3.8) is 0 Å². The SMILES string of the molecule is CCC(c1ccc(O)cc1)N(C)CCC(=O)NC. The van der Waals surface area contributed by atoms with E-state index in [1.807, 2.05) is 19.2 Å². The molecule has 0 saturated heterocycles. The number of nitrogens with one attached hydrogen (secondary N) is 1. The van der Waals surface area contributed by atoms with Gasteiger partial charge in [0.25, 0.3) is 0 Å². The first-order valence-electron chi connectivity index (χ1n) is 6.28. The maximum atomic E-state index is 11.2. The summed E-state index contributed by atoms with van der Waals surface area (Å²) in [6.45, 7) is 2.84. The molecule has 1 amide bonds. The fourth-order valence-corrected chi connectivity index (χ4v) is 2.06. The first-order chi connectivity index (χ1) is 8.58. The molecule has 0 heterocycles. The second kappa shape index (κ2) is 7.01. The van der Waals surface area contributed by atoms with Crippen molar-refractivity contribution in [2.45, 2.75) is 25.8 Å². The summed E-state index contributed by atoms with van der Waals surface area (Å²) in [6.07, 6.45) is 1.47. The number of aromatic hydroxyl groups is 1. The normalized spacial score (nSPS) is 12.4. The highest BCUT2D eigenvalue weighted by Crippen LogP contribution is 2.24. The lowest BCUT2D eigenvalue weighted by Crippen LogP contribution is -2.29. The molecular formula is C14H22N2O2. The second-order valence-corrected chi connectivity index (χ2v) is 4.42. The van der Waals surface area contributed by atoms with E-state index in [0.29, 0.717) is 6.42 Å². The zero-order valence-corrected chi connectivity index (χ0v) is 11.3. The highest BCUT2D eigenvalue weighted by atomic mass is 16.3. The average Bonchev–Trinajstić information content (AvgIpc) is 2.39. The van der Waals surface area contributed by atoms with Crippen molar-refractivity contribution in [2.24, 2.45) is 0 Å². The molecule has 1 aromatic rings. The van der Waals surface area contributed by atoms with Gasteiger partial charge in [0.05, 0.1) is 0 Å². The number of nitrogens with zero attached hydrogens (tertiary/aromatic N) is 1. The van der Waals surface area contributed by atoms with E-state index >= 15 is 0 Å². The van der Waals surface area contributed by atoms with E-state index < -0.39 is 0 Å². The van der Waals surface area contributed by atoms with E-state index in [1.165, 1.54) is 0 Å². The number of amides is 1. The minimum absolute atomic E-state index is 0.0578. The lowest BCUT2D eigenvalue weighted by atomic mass is 10.0. The number of benzene rings is 1. The van der Waals surface area contributed by atoms with Crippen molar-refractivity contribution < 1.29 is 9.90 Å². The van der Waals surface area contributed by atoms with E-state index in [4.69, 9.17) is 0 Å². The molecule has 0 saturated carbocycles. The van der Waals surface area contributed by atoms with Gasteiger partial charge in [0.15, 0.2) is 0 Å². The molecule has 4 heteroatoms. The molecule has 0 aliphatic carbocycles. The van der Waals surface area contributed by atoms with E-state index in [0.717, 1.165) is 18.5 Å². The van der Waals surface area contributed by atoms with E-state index in [2.05, 4.69) is 17.1 Å². The Balaban J connectivity index is 2.64. The number of hydrogen-bond acceptors (Lipinski definition) is 3. The lowest BCUT2D eigenvalue weighted by molar-refractivity contribution is -0.121. The molecule has 0 bridgehead atoms. The quantitative estimate of drug-likeness (QED) is 0.811. The maximum absolute atomic E-state index is 11.2. The Morgan fingerprint density at radius 2 is 2.00 bits per heavy atom. The summed E-state index contributed by atoms with van der Waals surface area (Å²) in [4.78, 5) is 13.4. The first-order valence-corrected chi connectivity index (χ1v) is 6.28. The highest BCUT2D eigenvalue weighted by molar-refractivity contribution is 5.75. The fourth-order valence-electron chi connectivity index (χ4n) is 2.06. The van der Waals surface area contributed by atoms with Crippen LogP contribution in [0.25, 0.3) is 0 Å². The molecule has 0 aromatic heterocycles. The van der Waals surface area contributed by atoms with Crippen LogP contribution in [-0.2, 0) is 4.79 Å². The van der Waals surface area contributed by atoms with Gasteiger partial charge in [-0.3, -0.25) is 9.69 Å². The van der Waals surface area contributed by atoms with Crippen LogP contribution < -0.4 is 5.32 Å². The summed E-state index contributed by atoms with van der Waals surface area (Å²) in [5, 5.41) is 11.9. The maximum Gasteiger partial charge on any atom is 0.221 e. The molecule has 0 radical (unpaired) electrons. The number of carbonyl (C=O) groups is 1. The van der Waals surface area contributed by atoms with Crippen LogP contribution in [0, 0.1) is 0 Å². The van der Waals surface area contributed by atoms with Crippen LogP contribution in [0.2, 0.25) is 0 Å². The van der Waals surface area contributed by atoms with Crippen LogP contribution in [-0.4, -0.2) is 36.6 Å². The van der Waals surface area contributed by atoms with Gasteiger partial charge in [-0.25, -0.2) is 0 Å². The Morgan fingerprint density at radius 1 is 1.39 bits per heavy atom. The summed E-state index contributed by atoms with van der Waals surface area (Å²) in [6, 6.07) is 7.53. The molecule has 18 heavy (non-hydrogen) atoms. The van der Waals surface area contributed by atoms with Gasteiger partial charge in [-0.2, -0.15) is 0 Å². The molecule has 1 atom stereocenters. The van der Waals surface area contributed by atoms with Crippen LogP contribution in [0.3, 0.4) is 0 Å². The molecule has 0 spiro atoms. The van der Waals surface area contributed by atoms with Gasteiger partial charge in [0.1, 0.15) is 5.75 Å². The number of carbonyl (C=O) groups excluding carboxylic acids is 1. The Hall–Kier alpha value is -1.55. The first kappa shape index (κ1) is 14.5. The van der Waals surface area contributed by atoms with Crippen molar-refractivity contribution in [3.8, 4) is 5.75 Å². The molecule has 0 aliphatic heterocycles. The zero-order valence-electron chi connectivity index (χ0n) is 11.3. The third-order valence-electron chi connectivity index (χ3n) is 3.17. The van der Waals surface area contributed by atoms with Gasteiger partial charge in [-0.1, -0.05) is 19.1 Å². The van der Waals surface area contributed by atoms with Crippen LogP contribution in [0.15, 0.2) is 24.3 Å². The molecule has 0 aliphatic rings. The second-order valence-electron chi connectivity index (χ2n) is 4.42. The van der Waals surface area contributed by atoms with Crippen molar-refractivity contribution in [1.82, 2.24) is 10.2 Å². The van der Waals surface area contributed by atoms with Crippen molar-refractivity contribution in [3.05, 3.63) is 29.8 Å². The standard InChI is InChI=1S/C14H22N2O2/c1-4-13(11-5-7-12(17)8-6-11)16(3)10-9-14(18)15-2/h5-8,13,17H,4,9-10H2,1-3H3,(H,15,18). The van der Waals surface area contributed by atoms with Crippen LogP contribution >= 0.6 is 0 Å². The summed E-state index contributed by atoms with van der Waals surface area (Å²) < 4.78 is 0. The monoisotopic (exact) mass is 250 g/mol. The number of hydrogen-bond donors (Lipinski definition) is 2. The van der Waals surface area contributed by atoms with Crippen molar-refractivity contribution >= 4 is 5.91 Å². The molecule has 0 fully saturated rings. The average molecular weight is 250 g/mol. The van der Waals surface area contributed by atoms with Crippen molar-refractivity contribution in [1.29, 1.82) is 0 Å². The molecule has 1 rings (SSSR count). The van der Waals surface area contributed by atoms with Gasteiger partial charge in [-0.05, 0) is 31.2 Å². The van der Waals surface area contributed by atoms with Crippen LogP contribution in [0.5, 0.6) is 5.75 Å². The van der Waals surface area contributed by atoms with Gasteiger partial charge < -0.3 is 10.4 Å². The van der Waals surface area contributed by atoms with Crippen LogP contribution in [0.4, 0.5) is 0 Å². The molecular weight excluding hydrogens is 228 g/mol. The van der Waals surface area contributed by atoms with Gasteiger partial charge in [-0.15, -0.1) is 0 Å². The minimum Gasteiger partial charge on any atom is -0.508 e. The summed E-state index contributed by atoms with van der Waals surface area (Å²) >= 11 is 0. The van der Waals surface area contributed by atoms with E-state index in [-0.39, 0.29) is 17.7 Å². The molecule has 1 unspecified atom stereocenters. The highest BCUT2D eigenvalue weighted by Gasteiger charge is 2.15. The summed E-state index contributed by atoms with van der Waals surface area (Å²) in [5.74, 6) is 0.337. The lowest BCUT2D eigenvalue weighted by Gasteiger charge is -2.27. The number of rotatable bonds is 6. The third kappa shape index (κ3) is 4.04. The molecule has 4 nitrogen and oxygen atoms in total. The topological polar surface area (TPSA) is 52.6 Å².